The molecule has 0 aliphatic carbocycles. The monoisotopic (exact) mass is 362 g/mol. The Morgan fingerprint density at radius 2 is 1.04 bits per heavy atom. The smallest absolute Gasteiger partial charge is 0.0701 e. The van der Waals surface area contributed by atoms with Crippen molar-refractivity contribution >= 4 is 0 Å². The van der Waals surface area contributed by atoms with Crippen molar-refractivity contribution in [2.45, 2.75) is 84.6 Å². The molecule has 0 saturated carbocycles. The van der Waals surface area contributed by atoms with Crippen LogP contribution in [-0.4, -0.2) is 52.2 Å². The molecule has 25 heavy (non-hydrogen) atoms. The lowest BCUT2D eigenvalue weighted by Gasteiger charge is -2.04. The maximum atomic E-state index is 5.68. The molecule has 0 bridgehead atoms. The Morgan fingerprint density at radius 1 is 0.640 bits per heavy atom. The van der Waals surface area contributed by atoms with Crippen LogP contribution in [0.5, 0.6) is 0 Å². The van der Waals surface area contributed by atoms with Gasteiger partial charge in [0.15, 0.2) is 0 Å². The number of hydrogen-bond donors (Lipinski definition) is 2. The molecule has 4 N–H and O–H groups in total. The van der Waals surface area contributed by atoms with Crippen LogP contribution >= 0.6 is 0 Å². The van der Waals surface area contributed by atoms with E-state index in [9.17, 15) is 0 Å². The lowest BCUT2D eigenvalue weighted by molar-refractivity contribution is 0.0195. The first kappa shape index (κ1) is 27.0. The minimum Gasteiger partial charge on any atom is -0.379 e. The molecule has 1 unspecified atom stereocenters. The molecule has 5 heteroatoms. The van der Waals surface area contributed by atoms with Gasteiger partial charge in [0.2, 0.25) is 0 Å². The minimum absolute atomic E-state index is 0.388. The summed E-state index contributed by atoms with van der Waals surface area (Å²) in [6.45, 7) is 11.1. The topological polar surface area (TPSA) is 79.7 Å². The third kappa shape index (κ3) is 32.0. The Morgan fingerprint density at radius 3 is 1.44 bits per heavy atom. The lowest BCUT2D eigenvalue weighted by atomic mass is 10.1. The molecule has 0 aromatic carbocycles. The standard InChI is InChI=1S/C12H28N2.C8H18O3/c1-12(14)10-8-6-4-2-3-5-7-9-11-13;1-3-9-5-7-11-8-6-10-4-2/h12H,2-11,13-14H2,1H3;3-8H2,1-2H3. The van der Waals surface area contributed by atoms with Crippen LogP contribution in [0.3, 0.4) is 0 Å². The Bertz CT molecular complexity index is 209. The highest BCUT2D eigenvalue weighted by molar-refractivity contribution is 4.53. The van der Waals surface area contributed by atoms with E-state index in [-0.39, 0.29) is 0 Å². The van der Waals surface area contributed by atoms with Gasteiger partial charge in [-0.15, -0.1) is 0 Å². The Hall–Kier alpha value is -0.200. The largest absolute Gasteiger partial charge is 0.379 e. The third-order valence-corrected chi connectivity index (χ3v) is 3.77. The summed E-state index contributed by atoms with van der Waals surface area (Å²) in [6.07, 6.45) is 11.9. The Labute approximate surface area is 157 Å². The molecule has 0 aliphatic heterocycles. The van der Waals surface area contributed by atoms with Gasteiger partial charge in [0, 0.05) is 19.3 Å². The summed E-state index contributed by atoms with van der Waals surface area (Å²) in [5.41, 5.74) is 11.1. The van der Waals surface area contributed by atoms with Crippen molar-refractivity contribution in [3.63, 3.8) is 0 Å². The fourth-order valence-corrected chi connectivity index (χ4v) is 2.30. The minimum atomic E-state index is 0.388. The molecule has 0 heterocycles. The maximum Gasteiger partial charge on any atom is 0.0701 e. The number of nitrogens with two attached hydrogens (primary N) is 2. The van der Waals surface area contributed by atoms with Crippen LogP contribution in [0.4, 0.5) is 0 Å². The summed E-state index contributed by atoms with van der Waals surface area (Å²) in [5, 5.41) is 0. The van der Waals surface area contributed by atoms with Crippen LogP contribution in [0.25, 0.3) is 0 Å². The van der Waals surface area contributed by atoms with Gasteiger partial charge < -0.3 is 25.7 Å². The first-order chi connectivity index (χ1) is 12.2. The van der Waals surface area contributed by atoms with Crippen molar-refractivity contribution < 1.29 is 14.2 Å². The molecule has 0 saturated heterocycles. The molecular formula is C20H46N2O3. The van der Waals surface area contributed by atoms with Gasteiger partial charge in [-0.25, -0.2) is 0 Å². The molecule has 0 amide bonds. The van der Waals surface area contributed by atoms with E-state index in [1.54, 1.807) is 0 Å². The van der Waals surface area contributed by atoms with E-state index in [4.69, 9.17) is 25.7 Å². The van der Waals surface area contributed by atoms with E-state index in [2.05, 4.69) is 6.92 Å². The van der Waals surface area contributed by atoms with Crippen LogP contribution in [0.15, 0.2) is 0 Å². The second-order valence-corrected chi connectivity index (χ2v) is 6.39. The molecule has 154 valence electrons. The van der Waals surface area contributed by atoms with Gasteiger partial charge in [0.1, 0.15) is 0 Å². The lowest BCUT2D eigenvalue weighted by Crippen LogP contribution is -2.13. The summed E-state index contributed by atoms with van der Waals surface area (Å²) in [4.78, 5) is 0. The van der Waals surface area contributed by atoms with Crippen molar-refractivity contribution in [1.82, 2.24) is 0 Å². The molecule has 0 aliphatic rings. The van der Waals surface area contributed by atoms with Crippen molar-refractivity contribution in [1.29, 1.82) is 0 Å². The second-order valence-electron chi connectivity index (χ2n) is 6.39. The zero-order valence-corrected chi connectivity index (χ0v) is 17.3. The molecule has 0 spiro atoms. The second kappa shape index (κ2) is 26.0. The Kier molecular flexibility index (Phi) is 28.1. The zero-order valence-electron chi connectivity index (χ0n) is 17.3. The SMILES string of the molecule is CC(N)CCCCCCCCCCN.CCOCCOCCOCC. The van der Waals surface area contributed by atoms with Crippen LogP contribution in [0.1, 0.15) is 78.6 Å². The molecule has 0 aromatic heterocycles. The molecule has 0 aromatic rings. The van der Waals surface area contributed by atoms with Gasteiger partial charge >= 0.3 is 0 Å². The number of rotatable bonds is 18. The van der Waals surface area contributed by atoms with Gasteiger partial charge in [-0.3, -0.25) is 0 Å². The van der Waals surface area contributed by atoms with Crippen LogP contribution in [-0.2, 0) is 14.2 Å². The van der Waals surface area contributed by atoms with E-state index in [0.29, 0.717) is 32.5 Å². The predicted molar refractivity (Wildman–Crippen MR) is 108 cm³/mol. The summed E-state index contributed by atoms with van der Waals surface area (Å²) in [6, 6.07) is 0.388. The third-order valence-electron chi connectivity index (χ3n) is 3.77. The quantitative estimate of drug-likeness (QED) is 0.362. The van der Waals surface area contributed by atoms with E-state index >= 15 is 0 Å². The van der Waals surface area contributed by atoms with Gasteiger partial charge in [-0.05, 0) is 40.2 Å². The molecule has 0 rings (SSSR count). The van der Waals surface area contributed by atoms with Gasteiger partial charge in [0.05, 0.1) is 26.4 Å². The number of unbranched alkanes of at least 4 members (excludes halogenated alkanes) is 7. The predicted octanol–water partition coefficient (Wildman–Crippen LogP) is 3.88. The normalized spacial score (nSPS) is 11.9. The molecule has 0 fully saturated rings. The molecule has 5 nitrogen and oxygen atoms in total. The van der Waals surface area contributed by atoms with Gasteiger partial charge in [-0.2, -0.15) is 0 Å². The fourth-order valence-electron chi connectivity index (χ4n) is 2.30. The average Bonchev–Trinajstić information content (AvgIpc) is 2.60. The van der Waals surface area contributed by atoms with E-state index in [1.807, 2.05) is 13.8 Å². The fraction of sp³-hybridized carbons (Fsp3) is 1.00. The number of hydrogen-bond acceptors (Lipinski definition) is 5. The molecule has 1 atom stereocenters. The van der Waals surface area contributed by atoms with Crippen LogP contribution in [0, 0.1) is 0 Å². The Balaban J connectivity index is 0. The maximum absolute atomic E-state index is 5.68. The number of ether oxygens (including phenoxy) is 3. The van der Waals surface area contributed by atoms with Crippen molar-refractivity contribution in [2.75, 3.05) is 46.2 Å². The summed E-state index contributed by atoms with van der Waals surface area (Å²) >= 11 is 0. The highest BCUT2D eigenvalue weighted by atomic mass is 16.5. The van der Waals surface area contributed by atoms with Crippen molar-refractivity contribution in [2.24, 2.45) is 11.5 Å². The highest BCUT2D eigenvalue weighted by Gasteiger charge is 1.94. The van der Waals surface area contributed by atoms with E-state index in [1.165, 1.54) is 57.8 Å². The summed E-state index contributed by atoms with van der Waals surface area (Å²) in [7, 11) is 0. The van der Waals surface area contributed by atoms with Crippen molar-refractivity contribution in [3.05, 3.63) is 0 Å². The average molecular weight is 363 g/mol. The first-order valence-corrected chi connectivity index (χ1v) is 10.4. The van der Waals surface area contributed by atoms with E-state index < -0.39 is 0 Å². The molecular weight excluding hydrogens is 316 g/mol. The van der Waals surface area contributed by atoms with Crippen molar-refractivity contribution in [3.8, 4) is 0 Å². The van der Waals surface area contributed by atoms with Gasteiger partial charge in [0.25, 0.3) is 0 Å². The van der Waals surface area contributed by atoms with E-state index in [0.717, 1.165) is 19.8 Å². The van der Waals surface area contributed by atoms with Crippen LogP contribution in [0.2, 0.25) is 0 Å². The first-order valence-electron chi connectivity index (χ1n) is 10.4. The highest BCUT2D eigenvalue weighted by Crippen LogP contribution is 2.09. The zero-order chi connectivity index (χ0) is 19.0. The summed E-state index contributed by atoms with van der Waals surface area (Å²) in [5.74, 6) is 0. The van der Waals surface area contributed by atoms with Gasteiger partial charge in [-0.1, -0.05) is 44.9 Å². The van der Waals surface area contributed by atoms with Crippen LogP contribution < -0.4 is 11.5 Å². The molecule has 0 radical (unpaired) electrons. The summed E-state index contributed by atoms with van der Waals surface area (Å²) < 4.78 is 15.3.